The summed E-state index contributed by atoms with van der Waals surface area (Å²) in [6.07, 6.45) is 12.2. The summed E-state index contributed by atoms with van der Waals surface area (Å²) in [7, 11) is 2.86. The van der Waals surface area contributed by atoms with Crippen molar-refractivity contribution in [2.45, 2.75) is 84.3 Å². The highest BCUT2D eigenvalue weighted by Crippen LogP contribution is 2.51. The minimum atomic E-state index is -1.84. The van der Waals surface area contributed by atoms with E-state index in [0.717, 1.165) is 0 Å². The number of allylic oxidation sites excluding steroid dienone is 9. The van der Waals surface area contributed by atoms with E-state index in [0.29, 0.717) is 11.1 Å². The van der Waals surface area contributed by atoms with Crippen LogP contribution in [-0.4, -0.2) is 100.0 Å². The molecule has 0 radical (unpaired) electrons. The first-order chi connectivity index (χ1) is 22.3. The van der Waals surface area contributed by atoms with E-state index < -0.39 is 57.9 Å². The number of amides is 2. The number of carbonyl (C=O) groups excluding carboxylic acids is 3. The lowest BCUT2D eigenvalue weighted by Gasteiger charge is -2.51. The topological polar surface area (TPSA) is 193 Å². The van der Waals surface area contributed by atoms with Crippen LogP contribution in [0.25, 0.3) is 0 Å². The number of hydrogen-bond acceptors (Lipinski definition) is 10. The quantitative estimate of drug-likeness (QED) is 0.0788. The molecule has 2 fully saturated rings. The first-order valence-electron chi connectivity index (χ1n) is 15.9. The van der Waals surface area contributed by atoms with Gasteiger partial charge in [-0.15, -0.1) is 0 Å². The number of hydrogen-bond donors (Lipinski definition) is 6. The Labute approximate surface area is 283 Å². The molecule has 0 bridgehead atoms. The van der Waals surface area contributed by atoms with Crippen molar-refractivity contribution in [1.82, 2.24) is 10.2 Å². The number of nitrogens with zero attached hydrogens (tertiary/aromatic N) is 1. The number of ether oxygens (including phenoxy) is 2. The molecule has 0 aromatic carbocycles. The van der Waals surface area contributed by atoms with Crippen LogP contribution in [0.5, 0.6) is 0 Å². The summed E-state index contributed by atoms with van der Waals surface area (Å²) in [6.45, 7) is 11.6. The number of cyclic esters (lactones) is 1. The monoisotopic (exact) mass is 675 g/mol. The van der Waals surface area contributed by atoms with E-state index in [1.54, 1.807) is 96.2 Å². The van der Waals surface area contributed by atoms with Crippen LogP contribution in [0.4, 0.5) is 0 Å². The third-order valence-electron chi connectivity index (χ3n) is 9.77. The third-order valence-corrected chi connectivity index (χ3v) is 9.77. The van der Waals surface area contributed by atoms with Gasteiger partial charge in [0.05, 0.1) is 29.6 Å². The van der Waals surface area contributed by atoms with Crippen molar-refractivity contribution in [2.75, 3.05) is 27.3 Å². The second-order valence-electron chi connectivity index (χ2n) is 13.2. The Balaban J connectivity index is 1.92. The maximum Gasteiger partial charge on any atom is 0.338 e. The number of quaternary nitrogens is 1. The minimum absolute atomic E-state index is 0.134. The molecular formula is C35H53N3O10. The third kappa shape index (κ3) is 8.23. The summed E-state index contributed by atoms with van der Waals surface area (Å²) in [5.41, 5.74) is -3.07. The summed E-state index contributed by atoms with van der Waals surface area (Å²) < 4.78 is 10.6. The summed E-state index contributed by atoms with van der Waals surface area (Å²) >= 11 is 0. The molecule has 0 aromatic rings. The standard InChI is InChI=1S/C35H53N3O10/c1-22(26(5)38(45)46)16-12-10-13-17-23(2)29(40)33(6,7)31(42)36-19-15-11-14-18-27(39)24(3)20-28(47-9)35(44)25(4)30(41)37(8)34(35)21-48-32(34)43/h10-18,24-25,27-29,38-40,44-45H,19-21H2,1-9H3,(H,36,42)/b13-10+,15-11+,16-12+,18-14+,23-17+,26-22+/t24-,25+,27+,28+,29-,34-,35-/m1/s1. The van der Waals surface area contributed by atoms with Crippen LogP contribution in [0.3, 0.4) is 0 Å². The number of hydroxylamine groups is 2. The van der Waals surface area contributed by atoms with Crippen molar-refractivity contribution in [2.24, 2.45) is 17.3 Å². The zero-order chi connectivity index (χ0) is 36.6. The molecule has 48 heavy (non-hydrogen) atoms. The Hall–Kier alpha value is -3.43. The molecule has 0 aliphatic carbocycles. The second-order valence-corrected chi connectivity index (χ2v) is 13.2. The Morgan fingerprint density at radius 2 is 1.83 bits per heavy atom. The molecule has 0 saturated carbocycles. The van der Waals surface area contributed by atoms with Crippen molar-refractivity contribution in [3.05, 3.63) is 76.7 Å². The molecule has 2 heterocycles. The summed E-state index contributed by atoms with van der Waals surface area (Å²) in [6, 6.07) is 0. The van der Waals surface area contributed by atoms with Gasteiger partial charge in [-0.05, 0) is 45.6 Å². The van der Waals surface area contributed by atoms with E-state index in [1.165, 1.54) is 26.0 Å². The Kier molecular flexibility index (Phi) is 14.3. The number of aliphatic hydroxyl groups is 3. The van der Waals surface area contributed by atoms with Crippen LogP contribution in [0, 0.1) is 22.5 Å². The van der Waals surface area contributed by atoms with Gasteiger partial charge >= 0.3 is 5.97 Å². The van der Waals surface area contributed by atoms with Gasteiger partial charge < -0.3 is 40.2 Å². The van der Waals surface area contributed by atoms with Gasteiger partial charge in [0.2, 0.25) is 17.4 Å². The first kappa shape index (κ1) is 40.7. The van der Waals surface area contributed by atoms with Gasteiger partial charge in [-0.25, -0.2) is 10.0 Å². The smallest absolute Gasteiger partial charge is 0.338 e. The van der Waals surface area contributed by atoms with Crippen LogP contribution >= 0.6 is 0 Å². The predicted molar refractivity (Wildman–Crippen MR) is 179 cm³/mol. The molecular weight excluding hydrogens is 622 g/mol. The average Bonchev–Trinajstić information content (AvgIpc) is 3.20. The zero-order valence-electron chi connectivity index (χ0n) is 29.4. The van der Waals surface area contributed by atoms with Gasteiger partial charge in [0.1, 0.15) is 17.9 Å². The summed E-state index contributed by atoms with van der Waals surface area (Å²) in [5.74, 6) is -2.77. The number of likely N-dealkylation sites (N-methyl/N-ethyl adjacent to an activating group) is 1. The highest BCUT2D eigenvalue weighted by Gasteiger charge is 2.77. The Bertz CT molecular complexity index is 1360. The van der Waals surface area contributed by atoms with Crippen molar-refractivity contribution in [1.29, 1.82) is 0 Å². The van der Waals surface area contributed by atoms with Gasteiger partial charge in [0, 0.05) is 33.2 Å². The summed E-state index contributed by atoms with van der Waals surface area (Å²) in [5, 5.41) is 55.2. The van der Waals surface area contributed by atoms with Crippen molar-refractivity contribution in [3.8, 4) is 0 Å². The maximum atomic E-state index is 12.9. The molecule has 2 aliphatic heterocycles. The molecule has 2 aliphatic rings. The van der Waals surface area contributed by atoms with Gasteiger partial charge in [-0.3, -0.25) is 9.59 Å². The zero-order valence-corrected chi connectivity index (χ0v) is 29.4. The van der Waals surface area contributed by atoms with Gasteiger partial charge in [0.15, 0.2) is 0 Å². The molecule has 1 unspecified atom stereocenters. The molecule has 268 valence electrons. The highest BCUT2D eigenvalue weighted by molar-refractivity contribution is 5.99. The maximum absolute atomic E-state index is 12.9. The molecule has 2 rings (SSSR count). The Morgan fingerprint density at radius 1 is 1.19 bits per heavy atom. The normalized spacial score (nSPS) is 27.5. The van der Waals surface area contributed by atoms with Crippen LogP contribution in [0.2, 0.25) is 0 Å². The largest absolute Gasteiger partial charge is 0.595 e. The number of esters is 1. The molecule has 13 nitrogen and oxygen atoms in total. The number of carbonyl (C=O) groups is 3. The van der Waals surface area contributed by atoms with Crippen molar-refractivity contribution >= 4 is 17.8 Å². The fourth-order valence-electron chi connectivity index (χ4n) is 6.00. The molecule has 2 saturated heterocycles. The molecule has 8 atom stereocenters. The van der Waals surface area contributed by atoms with E-state index in [4.69, 9.17) is 14.7 Å². The number of aliphatic hydroxyl groups excluding tert-OH is 2. The molecule has 2 amide bonds. The molecule has 13 heteroatoms. The SMILES string of the molecule is CO[C@@H](C[C@@H](C)[C@@H](O)/C=C/C=C/CNC(=O)C(C)(C)[C@H](O)/C(C)=C/C=C/C=C/C(C)=C(\C)[NH+]([O-])O)[C@]1(O)[C@@H](C)C(=O)N(C)[C@@]12COC2=O. The van der Waals surface area contributed by atoms with E-state index in [-0.39, 0.29) is 37.1 Å². The average molecular weight is 676 g/mol. The summed E-state index contributed by atoms with van der Waals surface area (Å²) in [4.78, 5) is 39.4. The van der Waals surface area contributed by atoms with Crippen molar-refractivity contribution < 1.29 is 49.6 Å². The van der Waals surface area contributed by atoms with Crippen molar-refractivity contribution in [3.63, 3.8) is 0 Å². The van der Waals surface area contributed by atoms with Crippen LogP contribution < -0.4 is 10.5 Å². The number of likely N-dealkylation sites (tertiary alicyclic amines) is 1. The van der Waals surface area contributed by atoms with Gasteiger partial charge in [0.25, 0.3) is 0 Å². The predicted octanol–water partition coefficient (Wildman–Crippen LogP) is 1.26. The molecule has 6 N–H and O–H groups in total. The van der Waals surface area contributed by atoms with E-state index in [1.807, 2.05) is 0 Å². The lowest BCUT2D eigenvalue weighted by atomic mass is 9.68. The Morgan fingerprint density at radius 3 is 2.38 bits per heavy atom. The van der Waals surface area contributed by atoms with Gasteiger partial charge in [-0.2, -0.15) is 5.23 Å². The lowest BCUT2D eigenvalue weighted by molar-refractivity contribution is -1.01. The fourth-order valence-corrected chi connectivity index (χ4v) is 6.00. The molecule has 1 spiro atoms. The molecule has 0 aromatic heterocycles. The van der Waals surface area contributed by atoms with E-state index in [9.17, 15) is 34.9 Å². The van der Waals surface area contributed by atoms with E-state index >= 15 is 0 Å². The van der Waals surface area contributed by atoms with Crippen LogP contribution in [0.1, 0.15) is 54.9 Å². The number of methoxy groups -OCH3 is 1. The highest BCUT2D eigenvalue weighted by atomic mass is 16.8. The first-order valence-corrected chi connectivity index (χ1v) is 15.9. The fraction of sp³-hybridized carbons (Fsp3) is 0.571. The van der Waals surface area contributed by atoms with Crippen LogP contribution in [-0.2, 0) is 23.9 Å². The van der Waals surface area contributed by atoms with Gasteiger partial charge in [-0.1, -0.05) is 68.5 Å². The van der Waals surface area contributed by atoms with E-state index in [2.05, 4.69) is 5.32 Å². The number of nitrogens with one attached hydrogen (secondary N) is 2. The lowest BCUT2D eigenvalue weighted by Crippen LogP contribution is -3.02. The van der Waals surface area contributed by atoms with Crippen LogP contribution in [0.15, 0.2) is 71.5 Å². The second kappa shape index (κ2) is 16.8. The minimum Gasteiger partial charge on any atom is -0.595 e. The number of rotatable bonds is 16.